The van der Waals surface area contributed by atoms with Crippen molar-refractivity contribution in [1.82, 2.24) is 19.9 Å². The number of hydrogen-bond acceptors (Lipinski definition) is 4. The van der Waals surface area contributed by atoms with Crippen molar-refractivity contribution in [3.05, 3.63) is 18.2 Å². The Bertz CT molecular complexity index is 545. The van der Waals surface area contributed by atoms with E-state index in [4.69, 9.17) is 5.73 Å². The van der Waals surface area contributed by atoms with E-state index in [9.17, 15) is 4.79 Å². The summed E-state index contributed by atoms with van der Waals surface area (Å²) < 4.78 is 1.81. The molecular formula is C10H13N5O. The van der Waals surface area contributed by atoms with Crippen molar-refractivity contribution in [3.8, 4) is 0 Å². The first-order chi connectivity index (χ1) is 7.69. The fraction of sp³-hybridized carbons (Fsp3) is 0.300. The van der Waals surface area contributed by atoms with Crippen LogP contribution in [0.15, 0.2) is 12.5 Å². The average molecular weight is 219 g/mol. The van der Waals surface area contributed by atoms with Crippen molar-refractivity contribution >= 4 is 22.6 Å². The van der Waals surface area contributed by atoms with Crippen LogP contribution >= 0.6 is 0 Å². The van der Waals surface area contributed by atoms with Crippen LogP contribution in [0.5, 0.6) is 0 Å². The zero-order valence-corrected chi connectivity index (χ0v) is 9.19. The van der Waals surface area contributed by atoms with E-state index < -0.39 is 0 Å². The van der Waals surface area contributed by atoms with Gasteiger partial charge in [0.15, 0.2) is 0 Å². The van der Waals surface area contributed by atoms with Gasteiger partial charge in [-0.1, -0.05) is 0 Å². The summed E-state index contributed by atoms with van der Waals surface area (Å²) in [5.74, 6) is 0.220. The number of carbonyl (C=O) groups is 1. The van der Waals surface area contributed by atoms with E-state index in [0.29, 0.717) is 29.0 Å². The van der Waals surface area contributed by atoms with E-state index in [1.54, 1.807) is 13.2 Å². The largest absolute Gasteiger partial charge is 0.383 e. The first-order valence-corrected chi connectivity index (χ1v) is 5.00. The van der Waals surface area contributed by atoms with Gasteiger partial charge in [0.25, 0.3) is 5.91 Å². The minimum Gasteiger partial charge on any atom is -0.383 e. The van der Waals surface area contributed by atoms with Crippen LogP contribution in [0.3, 0.4) is 0 Å². The van der Waals surface area contributed by atoms with E-state index in [1.807, 2.05) is 11.5 Å². The van der Waals surface area contributed by atoms with Crippen LogP contribution in [-0.4, -0.2) is 27.5 Å². The Labute approximate surface area is 92.5 Å². The number of nitrogens with two attached hydrogens (primary N) is 1. The second kappa shape index (κ2) is 3.80. The van der Waals surface area contributed by atoms with Gasteiger partial charge in [-0.05, 0) is 6.92 Å². The molecule has 0 fully saturated rings. The number of aryl methyl sites for hydroxylation is 1. The lowest BCUT2D eigenvalue weighted by Crippen LogP contribution is -2.21. The highest BCUT2D eigenvalue weighted by Gasteiger charge is 2.17. The third-order valence-electron chi connectivity index (χ3n) is 2.49. The zero-order chi connectivity index (χ0) is 11.7. The number of anilines is 1. The van der Waals surface area contributed by atoms with Crippen LogP contribution in [0, 0.1) is 0 Å². The SMILES string of the molecule is CCn1cc2c(N)ncnc2c1C(=O)NC. The summed E-state index contributed by atoms with van der Waals surface area (Å²) in [5.41, 5.74) is 6.85. The van der Waals surface area contributed by atoms with Gasteiger partial charge in [-0.3, -0.25) is 4.79 Å². The minimum absolute atomic E-state index is 0.171. The highest BCUT2D eigenvalue weighted by atomic mass is 16.1. The van der Waals surface area contributed by atoms with E-state index in [0.717, 1.165) is 0 Å². The lowest BCUT2D eigenvalue weighted by molar-refractivity contribution is 0.0955. The number of amides is 1. The molecule has 0 aliphatic rings. The molecule has 84 valence electrons. The third-order valence-corrected chi connectivity index (χ3v) is 2.49. The molecule has 0 unspecified atom stereocenters. The van der Waals surface area contributed by atoms with Gasteiger partial charge in [-0.15, -0.1) is 0 Å². The first-order valence-electron chi connectivity index (χ1n) is 5.00. The van der Waals surface area contributed by atoms with Crippen molar-refractivity contribution in [2.45, 2.75) is 13.5 Å². The smallest absolute Gasteiger partial charge is 0.269 e. The Morgan fingerprint density at radius 2 is 2.31 bits per heavy atom. The summed E-state index contributed by atoms with van der Waals surface area (Å²) in [7, 11) is 1.59. The number of carbonyl (C=O) groups excluding carboxylic acids is 1. The molecule has 2 aromatic heterocycles. The summed E-state index contributed by atoms with van der Waals surface area (Å²) in [6.07, 6.45) is 3.17. The second-order valence-electron chi connectivity index (χ2n) is 3.36. The first kappa shape index (κ1) is 10.4. The molecule has 0 aliphatic carbocycles. The molecule has 0 bridgehead atoms. The topological polar surface area (TPSA) is 85.8 Å². The number of rotatable bonds is 2. The quantitative estimate of drug-likeness (QED) is 0.765. The highest BCUT2D eigenvalue weighted by molar-refractivity contribution is 6.06. The maximum atomic E-state index is 11.7. The van der Waals surface area contributed by atoms with Gasteiger partial charge in [-0.25, -0.2) is 9.97 Å². The van der Waals surface area contributed by atoms with E-state index in [1.165, 1.54) is 6.33 Å². The number of nitrogens with one attached hydrogen (secondary N) is 1. The monoisotopic (exact) mass is 219 g/mol. The molecule has 0 saturated carbocycles. The van der Waals surface area contributed by atoms with E-state index in [2.05, 4.69) is 15.3 Å². The van der Waals surface area contributed by atoms with Crippen LogP contribution in [0.1, 0.15) is 17.4 Å². The van der Waals surface area contributed by atoms with Crippen molar-refractivity contribution in [1.29, 1.82) is 0 Å². The molecule has 6 heteroatoms. The van der Waals surface area contributed by atoms with Gasteiger partial charge in [0, 0.05) is 19.8 Å². The van der Waals surface area contributed by atoms with Crippen molar-refractivity contribution < 1.29 is 4.79 Å². The Balaban J connectivity index is 2.78. The lowest BCUT2D eigenvalue weighted by Gasteiger charge is -2.04. The number of aromatic nitrogens is 3. The molecule has 16 heavy (non-hydrogen) atoms. The number of nitrogens with zero attached hydrogens (tertiary/aromatic N) is 3. The molecule has 0 saturated heterocycles. The van der Waals surface area contributed by atoms with Gasteiger partial charge in [0.2, 0.25) is 0 Å². The standard InChI is InChI=1S/C10H13N5O/c1-3-15-4-6-7(8(15)10(16)12-2)13-5-14-9(6)11/h4-5H,3H2,1-2H3,(H,12,16)(H2,11,13,14). The van der Waals surface area contributed by atoms with E-state index >= 15 is 0 Å². The van der Waals surface area contributed by atoms with Crippen LogP contribution in [0.4, 0.5) is 5.82 Å². The molecule has 6 nitrogen and oxygen atoms in total. The fourth-order valence-electron chi connectivity index (χ4n) is 1.69. The molecule has 0 aromatic carbocycles. The summed E-state index contributed by atoms with van der Waals surface area (Å²) in [6.45, 7) is 2.63. The minimum atomic E-state index is -0.171. The molecule has 2 heterocycles. The number of nitrogen functional groups attached to an aromatic ring is 1. The van der Waals surface area contributed by atoms with Crippen molar-refractivity contribution in [3.63, 3.8) is 0 Å². The molecule has 2 rings (SSSR count). The Morgan fingerprint density at radius 3 is 2.94 bits per heavy atom. The van der Waals surface area contributed by atoms with Crippen LogP contribution in [0.25, 0.3) is 10.9 Å². The van der Waals surface area contributed by atoms with Crippen LogP contribution < -0.4 is 11.1 Å². The third kappa shape index (κ3) is 1.39. The zero-order valence-electron chi connectivity index (χ0n) is 9.19. The lowest BCUT2D eigenvalue weighted by atomic mass is 10.3. The van der Waals surface area contributed by atoms with Gasteiger partial charge >= 0.3 is 0 Å². The summed E-state index contributed by atoms with van der Waals surface area (Å²) >= 11 is 0. The molecule has 3 N–H and O–H groups in total. The number of fused-ring (bicyclic) bond motifs is 1. The maximum absolute atomic E-state index is 11.7. The summed E-state index contributed by atoms with van der Waals surface area (Å²) in [6, 6.07) is 0. The van der Waals surface area contributed by atoms with Gasteiger partial charge in [-0.2, -0.15) is 0 Å². The molecule has 0 radical (unpaired) electrons. The summed E-state index contributed by atoms with van der Waals surface area (Å²) in [5, 5.41) is 3.30. The van der Waals surface area contributed by atoms with Gasteiger partial charge in [0.1, 0.15) is 23.4 Å². The average Bonchev–Trinajstić information content (AvgIpc) is 2.68. The fourth-order valence-corrected chi connectivity index (χ4v) is 1.69. The molecule has 0 spiro atoms. The molecule has 0 aliphatic heterocycles. The van der Waals surface area contributed by atoms with Gasteiger partial charge in [0.05, 0.1) is 5.39 Å². The van der Waals surface area contributed by atoms with Gasteiger partial charge < -0.3 is 15.6 Å². The molecule has 0 atom stereocenters. The normalized spacial score (nSPS) is 10.6. The predicted octanol–water partition coefficient (Wildman–Crippen LogP) is 0.393. The summed E-state index contributed by atoms with van der Waals surface area (Å²) in [4.78, 5) is 19.8. The van der Waals surface area contributed by atoms with Crippen molar-refractivity contribution in [2.24, 2.45) is 0 Å². The Hall–Kier alpha value is -2.11. The maximum Gasteiger partial charge on any atom is 0.269 e. The number of hydrogen-bond donors (Lipinski definition) is 2. The molecule has 2 aromatic rings. The Morgan fingerprint density at radius 1 is 1.56 bits per heavy atom. The van der Waals surface area contributed by atoms with Crippen molar-refractivity contribution in [2.75, 3.05) is 12.8 Å². The highest BCUT2D eigenvalue weighted by Crippen LogP contribution is 2.22. The Kier molecular flexibility index (Phi) is 2.47. The molecular weight excluding hydrogens is 206 g/mol. The van der Waals surface area contributed by atoms with E-state index in [-0.39, 0.29) is 5.91 Å². The predicted molar refractivity (Wildman–Crippen MR) is 61.0 cm³/mol. The second-order valence-corrected chi connectivity index (χ2v) is 3.36. The van der Waals surface area contributed by atoms with Crippen LogP contribution in [-0.2, 0) is 6.54 Å². The molecule has 1 amide bonds. The van der Waals surface area contributed by atoms with Crippen LogP contribution in [0.2, 0.25) is 0 Å².